The fourth-order valence-corrected chi connectivity index (χ4v) is 2.81. The number of rotatable bonds is 2. The van der Waals surface area contributed by atoms with Crippen LogP contribution < -0.4 is 5.32 Å². The summed E-state index contributed by atoms with van der Waals surface area (Å²) in [4.78, 5) is 15.9. The van der Waals surface area contributed by atoms with E-state index in [1.54, 1.807) is 0 Å². The van der Waals surface area contributed by atoms with E-state index in [-0.39, 0.29) is 23.8 Å². The van der Waals surface area contributed by atoms with Crippen molar-refractivity contribution in [3.05, 3.63) is 29.8 Å². The van der Waals surface area contributed by atoms with Gasteiger partial charge in [-0.2, -0.15) is 4.39 Å². The predicted molar refractivity (Wildman–Crippen MR) is 62.8 cm³/mol. The molecule has 2 fully saturated rings. The third-order valence-corrected chi connectivity index (χ3v) is 3.63. The molecule has 0 saturated carbocycles. The van der Waals surface area contributed by atoms with Gasteiger partial charge in [-0.3, -0.25) is 4.79 Å². The number of carbonyl (C=O) groups is 1. The standard InChI is InChI=1S/C13H15FN2O2/c14-12-2-1-8(5-15-12)13(17)9-3-10-6-18-7-11(4-9)16-10/h1-2,5,9-11,16H,3-4,6-7H2. The van der Waals surface area contributed by atoms with Crippen LogP contribution in [0.25, 0.3) is 0 Å². The third kappa shape index (κ3) is 2.28. The van der Waals surface area contributed by atoms with Gasteiger partial charge in [-0.05, 0) is 25.0 Å². The van der Waals surface area contributed by atoms with Gasteiger partial charge < -0.3 is 10.1 Å². The normalized spacial score (nSPS) is 31.1. The number of aromatic nitrogens is 1. The van der Waals surface area contributed by atoms with Crippen LogP contribution in [-0.2, 0) is 4.74 Å². The van der Waals surface area contributed by atoms with Gasteiger partial charge in [0, 0.05) is 29.8 Å². The molecule has 3 heterocycles. The van der Waals surface area contributed by atoms with E-state index in [2.05, 4.69) is 10.3 Å². The van der Waals surface area contributed by atoms with Crippen molar-refractivity contribution in [2.24, 2.45) is 5.92 Å². The fourth-order valence-electron chi connectivity index (χ4n) is 2.81. The molecule has 96 valence electrons. The quantitative estimate of drug-likeness (QED) is 0.632. The number of hydrogen-bond donors (Lipinski definition) is 1. The van der Waals surface area contributed by atoms with E-state index in [1.807, 2.05) is 0 Å². The number of hydrogen-bond acceptors (Lipinski definition) is 4. The minimum atomic E-state index is -0.554. The van der Waals surface area contributed by atoms with E-state index in [4.69, 9.17) is 4.74 Å². The molecule has 0 aliphatic carbocycles. The minimum Gasteiger partial charge on any atom is -0.378 e. The van der Waals surface area contributed by atoms with Crippen molar-refractivity contribution in [1.29, 1.82) is 0 Å². The maximum absolute atomic E-state index is 12.7. The fraction of sp³-hybridized carbons (Fsp3) is 0.538. The molecule has 5 heteroatoms. The lowest BCUT2D eigenvalue weighted by Crippen LogP contribution is -2.55. The molecule has 18 heavy (non-hydrogen) atoms. The highest BCUT2D eigenvalue weighted by Crippen LogP contribution is 2.26. The lowest BCUT2D eigenvalue weighted by atomic mass is 9.82. The second kappa shape index (κ2) is 4.74. The van der Waals surface area contributed by atoms with Crippen LogP contribution in [0.1, 0.15) is 23.2 Å². The molecule has 1 aromatic rings. The highest BCUT2D eigenvalue weighted by atomic mass is 19.1. The SMILES string of the molecule is O=C(c1ccc(F)nc1)C1CC2COCC(C1)N2. The van der Waals surface area contributed by atoms with Crippen LogP contribution in [0.15, 0.2) is 18.3 Å². The third-order valence-electron chi connectivity index (χ3n) is 3.63. The Balaban J connectivity index is 1.74. The number of nitrogens with one attached hydrogen (secondary N) is 1. The number of morpholine rings is 1. The molecule has 1 aromatic heterocycles. The number of pyridine rings is 1. The summed E-state index contributed by atoms with van der Waals surface area (Å²) < 4.78 is 18.2. The zero-order chi connectivity index (χ0) is 12.5. The number of ketones is 1. The summed E-state index contributed by atoms with van der Waals surface area (Å²) in [6, 6.07) is 3.27. The van der Waals surface area contributed by atoms with E-state index in [0.717, 1.165) is 12.8 Å². The van der Waals surface area contributed by atoms with Gasteiger partial charge in [-0.25, -0.2) is 4.98 Å². The van der Waals surface area contributed by atoms with Crippen LogP contribution in [0, 0.1) is 11.9 Å². The molecule has 2 aliphatic rings. The zero-order valence-electron chi connectivity index (χ0n) is 9.93. The van der Waals surface area contributed by atoms with Crippen molar-refractivity contribution in [3.63, 3.8) is 0 Å². The summed E-state index contributed by atoms with van der Waals surface area (Å²) in [5.41, 5.74) is 0.502. The predicted octanol–water partition coefficient (Wildman–Crippen LogP) is 1.17. The average Bonchev–Trinajstić information content (AvgIpc) is 2.38. The number of piperidine rings is 1. The van der Waals surface area contributed by atoms with Crippen LogP contribution in [-0.4, -0.2) is 36.1 Å². The Kier molecular flexibility index (Phi) is 3.09. The van der Waals surface area contributed by atoms with Crippen molar-refractivity contribution < 1.29 is 13.9 Å². The Morgan fingerprint density at radius 2 is 2.06 bits per heavy atom. The molecule has 2 saturated heterocycles. The smallest absolute Gasteiger partial charge is 0.212 e. The van der Waals surface area contributed by atoms with Crippen LogP contribution >= 0.6 is 0 Å². The molecular weight excluding hydrogens is 235 g/mol. The van der Waals surface area contributed by atoms with E-state index in [0.29, 0.717) is 18.8 Å². The first-order valence-corrected chi connectivity index (χ1v) is 6.22. The number of nitrogens with zero attached hydrogens (tertiary/aromatic N) is 1. The average molecular weight is 250 g/mol. The minimum absolute atomic E-state index is 0.00240. The number of Topliss-reactive ketones (excluding diaryl/α,β-unsaturated/α-hetero) is 1. The summed E-state index contributed by atoms with van der Waals surface area (Å²) >= 11 is 0. The number of ether oxygens (including phenoxy) is 1. The van der Waals surface area contributed by atoms with E-state index >= 15 is 0 Å². The van der Waals surface area contributed by atoms with Crippen LogP contribution in [0.3, 0.4) is 0 Å². The van der Waals surface area contributed by atoms with Crippen molar-refractivity contribution >= 4 is 5.78 Å². The van der Waals surface area contributed by atoms with Gasteiger partial charge in [0.25, 0.3) is 0 Å². The molecular formula is C13H15FN2O2. The Hall–Kier alpha value is -1.33. The Morgan fingerprint density at radius 3 is 2.67 bits per heavy atom. The van der Waals surface area contributed by atoms with Gasteiger partial charge >= 0.3 is 0 Å². The second-order valence-electron chi connectivity index (χ2n) is 5.00. The van der Waals surface area contributed by atoms with E-state index < -0.39 is 5.95 Å². The Labute approximate surface area is 105 Å². The van der Waals surface area contributed by atoms with Crippen molar-refractivity contribution in [3.8, 4) is 0 Å². The molecule has 2 unspecified atom stereocenters. The molecule has 0 spiro atoms. The maximum Gasteiger partial charge on any atom is 0.212 e. The molecule has 0 radical (unpaired) electrons. The van der Waals surface area contributed by atoms with Crippen LogP contribution in [0.5, 0.6) is 0 Å². The second-order valence-corrected chi connectivity index (χ2v) is 5.00. The molecule has 2 aliphatic heterocycles. The summed E-state index contributed by atoms with van der Waals surface area (Å²) in [7, 11) is 0. The molecule has 1 N–H and O–H groups in total. The Bertz CT molecular complexity index is 437. The largest absolute Gasteiger partial charge is 0.378 e. The molecule has 4 nitrogen and oxygen atoms in total. The van der Waals surface area contributed by atoms with Gasteiger partial charge in [-0.15, -0.1) is 0 Å². The lowest BCUT2D eigenvalue weighted by molar-refractivity contribution is 0.00952. The molecule has 2 atom stereocenters. The van der Waals surface area contributed by atoms with Gasteiger partial charge in [0.15, 0.2) is 5.78 Å². The summed E-state index contributed by atoms with van der Waals surface area (Å²) in [6.07, 6.45) is 2.89. The molecule has 0 amide bonds. The van der Waals surface area contributed by atoms with Crippen molar-refractivity contribution in [1.82, 2.24) is 10.3 Å². The summed E-state index contributed by atoms with van der Waals surface area (Å²) in [5.74, 6) is -0.486. The number of halogens is 1. The monoisotopic (exact) mass is 250 g/mol. The maximum atomic E-state index is 12.7. The number of carbonyl (C=O) groups excluding carboxylic acids is 1. The first-order valence-electron chi connectivity index (χ1n) is 6.22. The van der Waals surface area contributed by atoms with Crippen molar-refractivity contribution in [2.75, 3.05) is 13.2 Å². The molecule has 2 bridgehead atoms. The van der Waals surface area contributed by atoms with Crippen LogP contribution in [0.4, 0.5) is 4.39 Å². The topological polar surface area (TPSA) is 51.2 Å². The molecule has 3 rings (SSSR count). The van der Waals surface area contributed by atoms with Crippen LogP contribution in [0.2, 0.25) is 0 Å². The van der Waals surface area contributed by atoms with Crippen molar-refractivity contribution in [2.45, 2.75) is 24.9 Å². The van der Waals surface area contributed by atoms with E-state index in [1.165, 1.54) is 18.3 Å². The van der Waals surface area contributed by atoms with Gasteiger partial charge in [0.1, 0.15) is 0 Å². The number of fused-ring (bicyclic) bond motifs is 2. The Morgan fingerprint density at radius 1 is 1.33 bits per heavy atom. The first-order chi connectivity index (χ1) is 8.72. The van der Waals surface area contributed by atoms with E-state index in [9.17, 15) is 9.18 Å². The van der Waals surface area contributed by atoms with Gasteiger partial charge in [-0.1, -0.05) is 0 Å². The van der Waals surface area contributed by atoms with Gasteiger partial charge in [0.2, 0.25) is 5.95 Å². The zero-order valence-corrected chi connectivity index (χ0v) is 9.93. The highest BCUT2D eigenvalue weighted by Gasteiger charge is 2.35. The summed E-state index contributed by atoms with van der Waals surface area (Å²) in [6.45, 7) is 1.34. The highest BCUT2D eigenvalue weighted by molar-refractivity contribution is 5.97. The molecule has 0 aromatic carbocycles. The summed E-state index contributed by atoms with van der Waals surface area (Å²) in [5, 5.41) is 3.45. The lowest BCUT2D eigenvalue weighted by Gasteiger charge is -2.39. The first kappa shape index (κ1) is 11.7. The van der Waals surface area contributed by atoms with Gasteiger partial charge in [0.05, 0.1) is 13.2 Å².